The quantitative estimate of drug-likeness (QED) is 0.452. The Balaban J connectivity index is 1.85. The van der Waals surface area contributed by atoms with Gasteiger partial charge in [-0.15, -0.1) is 0 Å². The second kappa shape index (κ2) is 7.85. The van der Waals surface area contributed by atoms with Gasteiger partial charge in [0, 0.05) is 24.4 Å². The van der Waals surface area contributed by atoms with Crippen LogP contribution in [0.4, 0.5) is 0 Å². The molecule has 1 aliphatic rings. The fourth-order valence-corrected chi connectivity index (χ4v) is 4.31. The third kappa shape index (κ3) is 3.71. The smallest absolute Gasteiger partial charge is 0.265 e. The normalized spacial score (nSPS) is 15.4. The van der Waals surface area contributed by atoms with Crippen LogP contribution >= 0.6 is 24.0 Å². The van der Waals surface area contributed by atoms with E-state index in [0.717, 1.165) is 33.8 Å². The molecular formula is C22H19N3O2S2. The highest BCUT2D eigenvalue weighted by Gasteiger charge is 2.29. The molecule has 1 saturated heterocycles. The van der Waals surface area contributed by atoms with Gasteiger partial charge in [0.1, 0.15) is 15.8 Å². The predicted octanol–water partition coefficient (Wildman–Crippen LogP) is 4.69. The number of hydrogen-bond donors (Lipinski definition) is 0. The maximum Gasteiger partial charge on any atom is 0.265 e. The molecule has 29 heavy (non-hydrogen) atoms. The molecule has 0 bridgehead atoms. The third-order valence-electron chi connectivity index (χ3n) is 4.70. The summed E-state index contributed by atoms with van der Waals surface area (Å²) in [6.07, 6.45) is 3.80. The number of rotatable bonds is 4. The molecule has 0 atom stereocenters. The molecule has 0 aliphatic carbocycles. The minimum Gasteiger partial charge on any atom is -0.496 e. The van der Waals surface area contributed by atoms with Gasteiger partial charge in [-0.2, -0.15) is 5.10 Å². The van der Waals surface area contributed by atoms with E-state index in [2.05, 4.69) is 0 Å². The zero-order valence-electron chi connectivity index (χ0n) is 16.2. The molecule has 0 spiro atoms. The molecule has 0 saturated carbocycles. The van der Waals surface area contributed by atoms with Crippen LogP contribution in [-0.4, -0.2) is 39.1 Å². The summed E-state index contributed by atoms with van der Waals surface area (Å²) >= 11 is 6.56. The summed E-state index contributed by atoms with van der Waals surface area (Å²) in [5, 5.41) is 4.82. The van der Waals surface area contributed by atoms with E-state index < -0.39 is 0 Å². The van der Waals surface area contributed by atoms with Crippen molar-refractivity contribution in [3.05, 3.63) is 70.8 Å². The molecule has 1 aromatic heterocycles. The van der Waals surface area contributed by atoms with Crippen LogP contribution in [0, 0.1) is 6.92 Å². The summed E-state index contributed by atoms with van der Waals surface area (Å²) in [6, 6.07) is 15.8. The average Bonchev–Trinajstić information content (AvgIpc) is 3.26. The highest BCUT2D eigenvalue weighted by atomic mass is 32.2. The van der Waals surface area contributed by atoms with Gasteiger partial charge in [-0.1, -0.05) is 42.2 Å². The van der Waals surface area contributed by atoms with Gasteiger partial charge in [-0.05, 0) is 48.9 Å². The number of hydrogen-bond acceptors (Lipinski definition) is 5. The third-order valence-corrected chi connectivity index (χ3v) is 6.19. The number of para-hydroxylation sites is 1. The average molecular weight is 422 g/mol. The molecule has 1 aliphatic heterocycles. The molecule has 0 N–H and O–H groups in total. The SMILES string of the molecule is COc1ccc(-c2nn(-c3ccccc3)cc2/C=C2\SC(=S)N(C)C2=O)cc1C. The number of aromatic nitrogens is 2. The number of ether oxygens (including phenoxy) is 1. The molecule has 0 unspecified atom stereocenters. The summed E-state index contributed by atoms with van der Waals surface area (Å²) in [4.78, 5) is 14.6. The van der Waals surface area contributed by atoms with E-state index in [9.17, 15) is 4.79 Å². The molecule has 2 heterocycles. The Morgan fingerprint density at radius 1 is 1.17 bits per heavy atom. The summed E-state index contributed by atoms with van der Waals surface area (Å²) in [7, 11) is 3.35. The van der Waals surface area contributed by atoms with Crippen LogP contribution in [0.2, 0.25) is 0 Å². The summed E-state index contributed by atoms with van der Waals surface area (Å²) in [5.41, 5.74) is 4.57. The van der Waals surface area contributed by atoms with Gasteiger partial charge in [-0.3, -0.25) is 9.69 Å². The van der Waals surface area contributed by atoms with Gasteiger partial charge in [0.25, 0.3) is 5.91 Å². The molecule has 1 amide bonds. The number of nitrogens with zero attached hydrogens (tertiary/aromatic N) is 3. The lowest BCUT2D eigenvalue weighted by molar-refractivity contribution is -0.121. The van der Waals surface area contributed by atoms with Crippen molar-refractivity contribution in [3.63, 3.8) is 0 Å². The van der Waals surface area contributed by atoms with Crippen molar-refractivity contribution in [1.82, 2.24) is 14.7 Å². The first-order valence-corrected chi connectivity index (χ1v) is 10.2. The van der Waals surface area contributed by atoms with E-state index >= 15 is 0 Å². The molecule has 7 heteroatoms. The topological polar surface area (TPSA) is 47.4 Å². The van der Waals surface area contributed by atoms with E-state index in [4.69, 9.17) is 22.1 Å². The Labute approximate surface area is 179 Å². The number of likely N-dealkylation sites (N-methyl/N-ethyl adjacent to an activating group) is 1. The van der Waals surface area contributed by atoms with Gasteiger partial charge >= 0.3 is 0 Å². The van der Waals surface area contributed by atoms with Crippen molar-refractivity contribution in [2.24, 2.45) is 0 Å². The van der Waals surface area contributed by atoms with Crippen LogP contribution < -0.4 is 4.74 Å². The van der Waals surface area contributed by atoms with Gasteiger partial charge in [0.2, 0.25) is 0 Å². The summed E-state index contributed by atoms with van der Waals surface area (Å²) in [5.74, 6) is 0.731. The lowest BCUT2D eigenvalue weighted by Gasteiger charge is -2.07. The van der Waals surface area contributed by atoms with E-state index in [-0.39, 0.29) is 5.91 Å². The van der Waals surface area contributed by atoms with E-state index in [0.29, 0.717) is 9.23 Å². The van der Waals surface area contributed by atoms with Crippen molar-refractivity contribution in [3.8, 4) is 22.7 Å². The summed E-state index contributed by atoms with van der Waals surface area (Å²) in [6.45, 7) is 2.00. The predicted molar refractivity (Wildman–Crippen MR) is 121 cm³/mol. The van der Waals surface area contributed by atoms with Crippen LogP contribution in [0.1, 0.15) is 11.1 Å². The second-order valence-corrected chi connectivity index (χ2v) is 8.31. The fraction of sp³-hybridized carbons (Fsp3) is 0.136. The first-order valence-electron chi connectivity index (χ1n) is 8.99. The van der Waals surface area contributed by atoms with Gasteiger partial charge in [-0.25, -0.2) is 4.68 Å². The number of amides is 1. The lowest BCUT2D eigenvalue weighted by atomic mass is 10.0. The standard InChI is InChI=1S/C22H19N3O2S2/c1-14-11-15(9-10-18(14)27-3)20-16(12-19-21(26)24(2)22(28)29-19)13-25(23-20)17-7-5-4-6-8-17/h4-13H,1-3H3/b19-12-. The number of carbonyl (C=O) groups is 1. The number of thiocarbonyl (C=S) groups is 1. The largest absolute Gasteiger partial charge is 0.496 e. The molecule has 0 radical (unpaired) electrons. The molecule has 4 rings (SSSR count). The minimum atomic E-state index is -0.0932. The first-order chi connectivity index (χ1) is 14.0. The lowest BCUT2D eigenvalue weighted by Crippen LogP contribution is -2.22. The maximum atomic E-state index is 12.5. The first kappa shape index (κ1) is 19.4. The van der Waals surface area contributed by atoms with E-state index in [1.807, 2.05) is 72.4 Å². The monoisotopic (exact) mass is 421 g/mol. The van der Waals surface area contributed by atoms with Gasteiger partial charge < -0.3 is 4.74 Å². The van der Waals surface area contributed by atoms with Gasteiger partial charge in [0.05, 0.1) is 17.7 Å². The Hall–Kier alpha value is -2.90. The summed E-state index contributed by atoms with van der Waals surface area (Å²) < 4.78 is 7.76. The number of thioether (sulfide) groups is 1. The van der Waals surface area contributed by atoms with Crippen LogP contribution in [0.25, 0.3) is 23.0 Å². The molecule has 5 nitrogen and oxygen atoms in total. The van der Waals surface area contributed by atoms with Crippen LogP contribution in [0.15, 0.2) is 59.6 Å². The second-order valence-electron chi connectivity index (χ2n) is 6.64. The Kier molecular flexibility index (Phi) is 5.25. The van der Waals surface area contributed by atoms with Crippen LogP contribution in [0.3, 0.4) is 0 Å². The van der Waals surface area contributed by atoms with Crippen molar-refractivity contribution in [2.75, 3.05) is 14.2 Å². The Morgan fingerprint density at radius 2 is 1.93 bits per heavy atom. The maximum absolute atomic E-state index is 12.5. The highest BCUT2D eigenvalue weighted by Crippen LogP contribution is 2.35. The van der Waals surface area contributed by atoms with E-state index in [1.54, 1.807) is 14.2 Å². The van der Waals surface area contributed by atoms with Crippen molar-refractivity contribution in [2.45, 2.75) is 6.92 Å². The van der Waals surface area contributed by atoms with E-state index in [1.165, 1.54) is 16.7 Å². The zero-order chi connectivity index (χ0) is 20.5. The highest BCUT2D eigenvalue weighted by molar-refractivity contribution is 8.26. The molecule has 3 aromatic rings. The molecule has 2 aromatic carbocycles. The molecular weight excluding hydrogens is 402 g/mol. The minimum absolute atomic E-state index is 0.0932. The van der Waals surface area contributed by atoms with Crippen LogP contribution in [-0.2, 0) is 4.79 Å². The Bertz CT molecular complexity index is 1140. The number of carbonyl (C=O) groups excluding carboxylic acids is 1. The number of methoxy groups -OCH3 is 1. The fourth-order valence-electron chi connectivity index (χ4n) is 3.14. The molecule has 1 fully saturated rings. The van der Waals surface area contributed by atoms with Crippen molar-refractivity contribution < 1.29 is 9.53 Å². The zero-order valence-corrected chi connectivity index (χ0v) is 17.9. The van der Waals surface area contributed by atoms with Crippen LogP contribution in [0.5, 0.6) is 5.75 Å². The number of benzene rings is 2. The van der Waals surface area contributed by atoms with Crippen molar-refractivity contribution in [1.29, 1.82) is 0 Å². The van der Waals surface area contributed by atoms with Crippen molar-refractivity contribution >= 4 is 40.3 Å². The number of aryl methyl sites for hydroxylation is 1. The molecule has 146 valence electrons. The van der Waals surface area contributed by atoms with Gasteiger partial charge in [0.15, 0.2) is 0 Å². The Morgan fingerprint density at radius 3 is 2.55 bits per heavy atom.